The predicted molar refractivity (Wildman–Crippen MR) is 77.1 cm³/mol. The van der Waals surface area contributed by atoms with Crippen molar-refractivity contribution in [2.75, 3.05) is 13.1 Å². The third kappa shape index (κ3) is 3.91. The lowest BCUT2D eigenvalue weighted by atomic mass is 10.3. The van der Waals surface area contributed by atoms with Crippen molar-refractivity contribution in [3.63, 3.8) is 0 Å². The number of rotatable bonds is 4. The minimum absolute atomic E-state index is 0.0894. The van der Waals surface area contributed by atoms with Gasteiger partial charge in [-0.25, -0.2) is 0 Å². The average molecular weight is 312 g/mol. The molecule has 0 saturated heterocycles. The van der Waals surface area contributed by atoms with Crippen molar-refractivity contribution in [3.05, 3.63) is 28.7 Å². The summed E-state index contributed by atoms with van der Waals surface area (Å²) < 4.78 is 6.84. The van der Waals surface area contributed by atoms with E-state index in [0.29, 0.717) is 6.04 Å². The molecule has 1 aliphatic rings. The fraction of sp³-hybridized carbons (Fsp3) is 0.462. The predicted octanol–water partition coefficient (Wildman–Crippen LogP) is 2.15. The standard InChI is InChI=1S/C13H18BrN3O/c1-9-7-15-13(17-9)16-8-10(2)18-12-5-3-11(14)4-6-12/h3-6,9-10H,7-8H2,1-2H3,(H2,15,16,17). The molecule has 1 aromatic rings. The van der Waals surface area contributed by atoms with Crippen LogP contribution in [0.3, 0.4) is 0 Å². The van der Waals surface area contributed by atoms with Gasteiger partial charge < -0.3 is 15.4 Å². The average Bonchev–Trinajstić information content (AvgIpc) is 2.76. The summed E-state index contributed by atoms with van der Waals surface area (Å²) in [7, 11) is 0. The van der Waals surface area contributed by atoms with Crippen LogP contribution in [0.1, 0.15) is 13.8 Å². The van der Waals surface area contributed by atoms with Crippen molar-refractivity contribution in [2.45, 2.75) is 26.0 Å². The highest BCUT2D eigenvalue weighted by atomic mass is 79.9. The van der Waals surface area contributed by atoms with Crippen molar-refractivity contribution >= 4 is 21.9 Å². The zero-order valence-corrected chi connectivity index (χ0v) is 12.2. The lowest BCUT2D eigenvalue weighted by molar-refractivity contribution is 0.224. The van der Waals surface area contributed by atoms with Gasteiger partial charge in [-0.1, -0.05) is 15.9 Å². The van der Waals surface area contributed by atoms with Gasteiger partial charge in [0.15, 0.2) is 5.96 Å². The number of ether oxygens (including phenoxy) is 1. The molecule has 1 aliphatic heterocycles. The molecule has 0 saturated carbocycles. The second-order valence-corrected chi connectivity index (χ2v) is 5.41. The Morgan fingerprint density at radius 3 is 2.83 bits per heavy atom. The molecule has 1 heterocycles. The largest absolute Gasteiger partial charge is 0.489 e. The first-order valence-electron chi connectivity index (χ1n) is 6.10. The fourth-order valence-electron chi connectivity index (χ4n) is 1.69. The van der Waals surface area contributed by atoms with E-state index in [4.69, 9.17) is 4.74 Å². The summed E-state index contributed by atoms with van der Waals surface area (Å²) in [4.78, 5) is 4.34. The fourth-order valence-corrected chi connectivity index (χ4v) is 1.95. The summed E-state index contributed by atoms with van der Waals surface area (Å²) >= 11 is 3.40. The van der Waals surface area contributed by atoms with E-state index in [9.17, 15) is 0 Å². The van der Waals surface area contributed by atoms with Crippen molar-refractivity contribution in [2.24, 2.45) is 4.99 Å². The molecule has 0 fully saturated rings. The molecule has 2 rings (SSSR count). The number of nitrogens with zero attached hydrogens (tertiary/aromatic N) is 1. The summed E-state index contributed by atoms with van der Waals surface area (Å²) in [6.45, 7) is 5.72. The second kappa shape index (κ2) is 6.09. The molecule has 0 bridgehead atoms. The van der Waals surface area contributed by atoms with E-state index in [2.05, 4.69) is 38.5 Å². The molecule has 0 amide bonds. The van der Waals surface area contributed by atoms with Gasteiger partial charge in [0.05, 0.1) is 13.1 Å². The second-order valence-electron chi connectivity index (χ2n) is 4.50. The Balaban J connectivity index is 1.75. The topological polar surface area (TPSA) is 45.7 Å². The number of guanidine groups is 1. The van der Waals surface area contributed by atoms with Gasteiger partial charge in [-0.05, 0) is 38.1 Å². The van der Waals surface area contributed by atoms with Crippen LogP contribution in [0.15, 0.2) is 33.7 Å². The van der Waals surface area contributed by atoms with Crippen molar-refractivity contribution in [3.8, 4) is 5.75 Å². The maximum atomic E-state index is 5.79. The van der Waals surface area contributed by atoms with Crippen LogP contribution in [-0.2, 0) is 0 Å². The van der Waals surface area contributed by atoms with Gasteiger partial charge in [0.2, 0.25) is 0 Å². The van der Waals surface area contributed by atoms with E-state index >= 15 is 0 Å². The Morgan fingerprint density at radius 1 is 1.50 bits per heavy atom. The molecule has 0 radical (unpaired) electrons. The van der Waals surface area contributed by atoms with Crippen LogP contribution >= 0.6 is 15.9 Å². The molecule has 0 aromatic heterocycles. The number of aliphatic imine (C=N–C) groups is 1. The summed E-state index contributed by atoms with van der Waals surface area (Å²) in [5, 5.41) is 6.51. The molecule has 0 aliphatic carbocycles. The molecule has 2 unspecified atom stereocenters. The summed E-state index contributed by atoms with van der Waals surface area (Å²) in [5.41, 5.74) is 0. The van der Waals surface area contributed by atoms with Crippen LogP contribution < -0.4 is 15.4 Å². The van der Waals surface area contributed by atoms with E-state index in [0.717, 1.165) is 29.3 Å². The van der Waals surface area contributed by atoms with Gasteiger partial charge >= 0.3 is 0 Å². The van der Waals surface area contributed by atoms with Crippen LogP contribution in [0.25, 0.3) is 0 Å². The Kier molecular flexibility index (Phi) is 4.47. The molecular weight excluding hydrogens is 294 g/mol. The number of hydrogen-bond acceptors (Lipinski definition) is 4. The first kappa shape index (κ1) is 13.2. The molecule has 0 spiro atoms. The molecule has 98 valence electrons. The third-order valence-electron chi connectivity index (χ3n) is 2.61. The van der Waals surface area contributed by atoms with Crippen LogP contribution in [0, 0.1) is 0 Å². The quantitative estimate of drug-likeness (QED) is 0.895. The first-order valence-corrected chi connectivity index (χ1v) is 6.90. The van der Waals surface area contributed by atoms with Crippen LogP contribution in [0.5, 0.6) is 5.75 Å². The van der Waals surface area contributed by atoms with E-state index in [1.165, 1.54) is 0 Å². The Morgan fingerprint density at radius 2 is 2.22 bits per heavy atom. The van der Waals surface area contributed by atoms with Crippen LogP contribution in [0.2, 0.25) is 0 Å². The van der Waals surface area contributed by atoms with Crippen molar-refractivity contribution < 1.29 is 4.74 Å². The number of benzene rings is 1. The zero-order chi connectivity index (χ0) is 13.0. The normalized spacial score (nSPS) is 19.9. The SMILES string of the molecule is CC1CN=C(NCC(C)Oc2ccc(Br)cc2)N1. The van der Waals surface area contributed by atoms with Gasteiger partial charge in [0.25, 0.3) is 0 Å². The first-order chi connectivity index (χ1) is 8.63. The molecule has 18 heavy (non-hydrogen) atoms. The Labute approximate surface area is 116 Å². The molecular formula is C13H18BrN3O. The zero-order valence-electron chi connectivity index (χ0n) is 10.6. The minimum Gasteiger partial charge on any atom is -0.489 e. The lowest BCUT2D eigenvalue weighted by Gasteiger charge is -2.16. The molecule has 5 heteroatoms. The van der Waals surface area contributed by atoms with Crippen molar-refractivity contribution in [1.29, 1.82) is 0 Å². The molecule has 4 nitrogen and oxygen atoms in total. The van der Waals surface area contributed by atoms with Gasteiger partial charge in [-0.15, -0.1) is 0 Å². The highest BCUT2D eigenvalue weighted by molar-refractivity contribution is 9.10. The molecule has 2 N–H and O–H groups in total. The number of nitrogens with one attached hydrogen (secondary N) is 2. The Hall–Kier alpha value is -1.23. The van der Waals surface area contributed by atoms with Crippen LogP contribution in [-0.4, -0.2) is 31.2 Å². The monoisotopic (exact) mass is 311 g/mol. The van der Waals surface area contributed by atoms with Gasteiger partial charge in [0.1, 0.15) is 11.9 Å². The van der Waals surface area contributed by atoms with Gasteiger partial charge in [-0.3, -0.25) is 4.99 Å². The van der Waals surface area contributed by atoms with E-state index < -0.39 is 0 Å². The maximum absolute atomic E-state index is 5.79. The summed E-state index contributed by atoms with van der Waals surface area (Å²) in [6.07, 6.45) is 0.0894. The van der Waals surface area contributed by atoms with Crippen molar-refractivity contribution in [1.82, 2.24) is 10.6 Å². The summed E-state index contributed by atoms with van der Waals surface area (Å²) in [6, 6.07) is 8.27. The highest BCUT2D eigenvalue weighted by Crippen LogP contribution is 2.17. The Bertz CT molecular complexity index is 419. The maximum Gasteiger partial charge on any atom is 0.191 e. The van der Waals surface area contributed by atoms with Crippen LogP contribution in [0.4, 0.5) is 0 Å². The summed E-state index contributed by atoms with van der Waals surface area (Å²) in [5.74, 6) is 1.75. The highest BCUT2D eigenvalue weighted by Gasteiger charge is 2.13. The van der Waals surface area contributed by atoms with Gasteiger partial charge in [-0.2, -0.15) is 0 Å². The molecule has 2 atom stereocenters. The van der Waals surface area contributed by atoms with E-state index in [-0.39, 0.29) is 6.10 Å². The van der Waals surface area contributed by atoms with Gasteiger partial charge in [0, 0.05) is 10.5 Å². The molecule has 1 aromatic carbocycles. The minimum atomic E-state index is 0.0894. The lowest BCUT2D eigenvalue weighted by Crippen LogP contribution is -2.41. The number of hydrogen-bond donors (Lipinski definition) is 2. The van der Waals surface area contributed by atoms with E-state index in [1.807, 2.05) is 31.2 Å². The third-order valence-corrected chi connectivity index (χ3v) is 3.14. The number of halogens is 1. The smallest absolute Gasteiger partial charge is 0.191 e. The van der Waals surface area contributed by atoms with E-state index in [1.54, 1.807) is 0 Å².